The smallest absolute Gasteiger partial charge is 0.224 e. The first-order chi connectivity index (χ1) is 20.7. The second kappa shape index (κ2) is 14.9. The van der Waals surface area contributed by atoms with E-state index >= 15 is 0 Å². The number of fused-ring (bicyclic) bond motifs is 1. The van der Waals surface area contributed by atoms with E-state index in [1.807, 2.05) is 55.6 Å². The molecule has 0 aliphatic carbocycles. The molecule has 0 spiro atoms. The van der Waals surface area contributed by atoms with Gasteiger partial charge in [-0.3, -0.25) is 9.59 Å². The number of ether oxygens (including phenoxy) is 2. The van der Waals surface area contributed by atoms with Gasteiger partial charge in [0.1, 0.15) is 6.61 Å². The highest BCUT2D eigenvalue weighted by Gasteiger charge is 2.28. The highest BCUT2D eigenvalue weighted by atomic mass is 33.1. The summed E-state index contributed by atoms with van der Waals surface area (Å²) in [5.74, 6) is 1.10. The van der Waals surface area contributed by atoms with Crippen molar-refractivity contribution in [3.05, 3.63) is 76.9 Å². The van der Waals surface area contributed by atoms with E-state index in [1.165, 1.54) is 0 Å². The number of hydrogen-bond acceptors (Lipinski definition) is 8. The molecule has 4 rings (SSSR count). The van der Waals surface area contributed by atoms with Crippen molar-refractivity contribution in [2.45, 2.75) is 64.0 Å². The van der Waals surface area contributed by atoms with Crippen molar-refractivity contribution in [3.63, 3.8) is 0 Å². The lowest BCUT2D eigenvalue weighted by atomic mass is 10.1. The molecule has 0 bridgehead atoms. The van der Waals surface area contributed by atoms with Crippen LogP contribution in [0.3, 0.4) is 0 Å². The van der Waals surface area contributed by atoms with Crippen molar-refractivity contribution < 1.29 is 24.2 Å². The number of hydrogen-bond donors (Lipinski definition) is 3. The van der Waals surface area contributed by atoms with Crippen molar-refractivity contribution in [1.82, 2.24) is 0 Å². The maximum Gasteiger partial charge on any atom is 0.224 e. The molecule has 2 amide bonds. The topological polar surface area (TPSA) is 100 Å². The van der Waals surface area contributed by atoms with E-state index in [2.05, 4.69) is 30.5 Å². The van der Waals surface area contributed by atoms with Crippen LogP contribution in [-0.4, -0.2) is 48.1 Å². The van der Waals surface area contributed by atoms with E-state index in [0.29, 0.717) is 35.7 Å². The van der Waals surface area contributed by atoms with Crippen LogP contribution < -0.4 is 25.0 Å². The molecule has 0 aromatic heterocycles. The minimum Gasteiger partial charge on any atom is -0.493 e. The van der Waals surface area contributed by atoms with Crippen LogP contribution in [-0.2, 0) is 29.2 Å². The van der Waals surface area contributed by atoms with Gasteiger partial charge in [0.05, 0.1) is 19.8 Å². The summed E-state index contributed by atoms with van der Waals surface area (Å²) in [6, 6.07) is 17.3. The molecular weight excluding hydrogens is 583 g/mol. The van der Waals surface area contributed by atoms with E-state index in [-0.39, 0.29) is 29.9 Å². The highest BCUT2D eigenvalue weighted by molar-refractivity contribution is 8.76. The lowest BCUT2D eigenvalue weighted by molar-refractivity contribution is -0.116. The van der Waals surface area contributed by atoms with Gasteiger partial charge in [0.2, 0.25) is 12.3 Å². The minimum atomic E-state index is -0.154. The molecule has 0 unspecified atom stereocenters. The Morgan fingerprint density at radius 2 is 1.91 bits per heavy atom. The maximum absolute atomic E-state index is 12.7. The minimum absolute atomic E-state index is 0.000524. The number of carbonyl (C=O) groups excluding carboxylic acids is 2. The SMILES string of the molecule is COc1cc(C)c(NC[C@@H]2Cc3ccccc3N2C=O)cc1OCc1cc(CO)cc(NC(=O)CCC(C)(C)SSC)c1. The molecule has 1 atom stereocenters. The Hall–Kier alpha value is -3.34. The van der Waals surface area contributed by atoms with Crippen LogP contribution in [0, 0.1) is 6.92 Å². The van der Waals surface area contributed by atoms with Crippen LogP contribution in [0.25, 0.3) is 0 Å². The van der Waals surface area contributed by atoms with E-state index in [4.69, 9.17) is 9.47 Å². The third-order valence-electron chi connectivity index (χ3n) is 7.45. The Morgan fingerprint density at radius 1 is 1.14 bits per heavy atom. The Labute approximate surface area is 262 Å². The number of nitrogens with zero attached hydrogens (tertiary/aromatic N) is 1. The van der Waals surface area contributed by atoms with Gasteiger partial charge < -0.3 is 30.1 Å². The lowest BCUT2D eigenvalue weighted by Gasteiger charge is -2.23. The predicted octanol–water partition coefficient (Wildman–Crippen LogP) is 6.58. The summed E-state index contributed by atoms with van der Waals surface area (Å²) in [5, 5.41) is 16.3. The summed E-state index contributed by atoms with van der Waals surface area (Å²) in [7, 11) is 5.07. The number of methoxy groups -OCH3 is 1. The lowest BCUT2D eigenvalue weighted by Crippen LogP contribution is -2.36. The zero-order valence-electron chi connectivity index (χ0n) is 25.4. The van der Waals surface area contributed by atoms with Crippen LogP contribution in [0.15, 0.2) is 54.6 Å². The van der Waals surface area contributed by atoms with Gasteiger partial charge in [-0.15, -0.1) is 0 Å². The molecule has 230 valence electrons. The molecule has 0 saturated carbocycles. The average molecular weight is 624 g/mol. The number of aliphatic hydroxyl groups is 1. The molecule has 0 fully saturated rings. The molecule has 43 heavy (non-hydrogen) atoms. The summed E-state index contributed by atoms with van der Waals surface area (Å²) in [4.78, 5) is 26.3. The van der Waals surface area contributed by atoms with Crippen molar-refractivity contribution in [2.75, 3.05) is 35.4 Å². The molecule has 0 radical (unpaired) electrons. The fraction of sp³-hybridized carbons (Fsp3) is 0.394. The summed E-state index contributed by atoms with van der Waals surface area (Å²) >= 11 is 0. The molecule has 1 aliphatic rings. The van der Waals surface area contributed by atoms with E-state index in [1.54, 1.807) is 39.7 Å². The van der Waals surface area contributed by atoms with Crippen LogP contribution in [0.5, 0.6) is 11.5 Å². The van der Waals surface area contributed by atoms with E-state index in [9.17, 15) is 14.7 Å². The summed E-state index contributed by atoms with van der Waals surface area (Å²) in [5.41, 5.74) is 6.12. The first kappa shape index (κ1) is 32.6. The van der Waals surface area contributed by atoms with Crippen LogP contribution >= 0.6 is 21.6 Å². The fourth-order valence-corrected chi connectivity index (χ4v) is 7.47. The maximum atomic E-state index is 12.7. The van der Waals surface area contributed by atoms with E-state index < -0.39 is 0 Å². The van der Waals surface area contributed by atoms with Crippen molar-refractivity contribution >= 4 is 51.0 Å². The summed E-state index contributed by atoms with van der Waals surface area (Å²) in [6.07, 6.45) is 4.89. The van der Waals surface area contributed by atoms with Crippen molar-refractivity contribution in [3.8, 4) is 11.5 Å². The standard InChI is InChI=1S/C33H41N3O5S2/c1-22-12-30(40-4)31(17-28(22)34-18-27-16-25-8-6-7-9-29(25)36(27)21-38)41-20-24-13-23(19-37)14-26(15-24)35-32(39)10-11-33(2,3)43-42-5/h6-9,12-15,17,21,27,34,37H,10-11,16,18-20H2,1-5H3,(H,35,39)/t27-/m0/s1. The molecule has 1 heterocycles. The molecule has 1 aliphatic heterocycles. The van der Waals surface area contributed by atoms with Gasteiger partial charge in [-0.25, -0.2) is 0 Å². The van der Waals surface area contributed by atoms with Gasteiger partial charge in [0, 0.05) is 40.8 Å². The zero-order chi connectivity index (χ0) is 31.0. The fourth-order valence-electron chi connectivity index (χ4n) is 5.23. The van der Waals surface area contributed by atoms with Crippen molar-refractivity contribution in [1.29, 1.82) is 0 Å². The number of aryl methyl sites for hydroxylation is 1. The predicted molar refractivity (Wildman–Crippen MR) is 178 cm³/mol. The average Bonchev–Trinajstić information content (AvgIpc) is 3.36. The van der Waals surface area contributed by atoms with Crippen LogP contribution in [0.1, 0.15) is 48.9 Å². The van der Waals surface area contributed by atoms with E-state index in [0.717, 1.165) is 47.3 Å². The third-order valence-corrected chi connectivity index (χ3v) is 10.1. The number of para-hydroxylation sites is 1. The van der Waals surface area contributed by atoms with Crippen LogP contribution in [0.4, 0.5) is 17.1 Å². The number of carbonyl (C=O) groups is 2. The van der Waals surface area contributed by atoms with Gasteiger partial charge in [-0.05, 0) is 92.5 Å². The van der Waals surface area contributed by atoms with Gasteiger partial charge in [-0.2, -0.15) is 0 Å². The molecular formula is C33H41N3O5S2. The van der Waals surface area contributed by atoms with Crippen molar-refractivity contribution in [2.24, 2.45) is 0 Å². The second-order valence-electron chi connectivity index (χ2n) is 11.2. The number of anilines is 3. The Balaban J connectivity index is 1.43. The Bertz CT molecular complexity index is 1430. The van der Waals surface area contributed by atoms with Crippen LogP contribution in [0.2, 0.25) is 0 Å². The molecule has 3 aromatic carbocycles. The van der Waals surface area contributed by atoms with Gasteiger partial charge in [-0.1, -0.05) is 39.8 Å². The molecule has 0 saturated heterocycles. The first-order valence-corrected chi connectivity index (χ1v) is 16.8. The normalized spacial score (nSPS) is 14.3. The number of amides is 2. The molecule has 3 N–H and O–H groups in total. The summed E-state index contributed by atoms with van der Waals surface area (Å²) < 4.78 is 11.8. The van der Waals surface area contributed by atoms with Gasteiger partial charge in [0.15, 0.2) is 11.5 Å². The third kappa shape index (κ3) is 8.61. The van der Waals surface area contributed by atoms with Gasteiger partial charge >= 0.3 is 0 Å². The second-order valence-corrected chi connectivity index (χ2v) is 14.3. The highest BCUT2D eigenvalue weighted by Crippen LogP contribution is 2.37. The number of rotatable bonds is 15. The number of nitrogens with one attached hydrogen (secondary N) is 2. The number of aliphatic hydroxyl groups excluding tert-OH is 1. The summed E-state index contributed by atoms with van der Waals surface area (Å²) in [6.45, 7) is 6.90. The van der Waals surface area contributed by atoms with Gasteiger partial charge in [0.25, 0.3) is 0 Å². The number of benzene rings is 3. The zero-order valence-corrected chi connectivity index (χ0v) is 27.1. The Kier molecular flexibility index (Phi) is 11.3. The molecule has 8 nitrogen and oxygen atoms in total. The Morgan fingerprint density at radius 3 is 2.63 bits per heavy atom. The monoisotopic (exact) mass is 623 g/mol. The molecule has 3 aromatic rings. The largest absolute Gasteiger partial charge is 0.493 e. The quantitative estimate of drug-likeness (QED) is 0.129. The first-order valence-electron chi connectivity index (χ1n) is 14.3. The molecule has 10 heteroatoms.